The Bertz CT molecular complexity index is 545. The number of sulfonamides is 1. The number of hydrogen-bond acceptors (Lipinski definition) is 4. The molecule has 114 valence electrons. The Morgan fingerprint density at radius 3 is 2.45 bits per heavy atom. The maximum atomic E-state index is 11.2. The van der Waals surface area contributed by atoms with Crippen molar-refractivity contribution in [1.29, 1.82) is 0 Å². The summed E-state index contributed by atoms with van der Waals surface area (Å²) in [5, 5.41) is 5.10. The van der Waals surface area contributed by atoms with Crippen LogP contribution in [0.1, 0.15) is 13.8 Å². The summed E-state index contributed by atoms with van der Waals surface area (Å²) in [6, 6.07) is 5.35. The van der Waals surface area contributed by atoms with E-state index >= 15 is 0 Å². The third-order valence-electron chi connectivity index (χ3n) is 2.98. The van der Waals surface area contributed by atoms with Crippen molar-refractivity contribution in [2.24, 2.45) is 17.0 Å². The first kappa shape index (κ1) is 17.3. The largest absolute Gasteiger partial charge is 0.497 e. The van der Waals surface area contributed by atoms with Gasteiger partial charge in [-0.2, -0.15) is 0 Å². The van der Waals surface area contributed by atoms with Gasteiger partial charge in [-0.25, -0.2) is 13.6 Å². The Kier molecular flexibility index (Phi) is 6.29. The van der Waals surface area contributed by atoms with Crippen LogP contribution in [-0.2, 0) is 10.0 Å². The van der Waals surface area contributed by atoms with E-state index in [1.165, 1.54) is 0 Å². The molecule has 20 heavy (non-hydrogen) atoms. The van der Waals surface area contributed by atoms with E-state index in [-0.39, 0.29) is 17.6 Å². The monoisotopic (exact) mass is 365 g/mol. The minimum atomic E-state index is -3.51. The summed E-state index contributed by atoms with van der Waals surface area (Å²) < 4.78 is 33.9. The lowest BCUT2D eigenvalue weighted by molar-refractivity contribution is 0.223. The van der Waals surface area contributed by atoms with Gasteiger partial charge in [0.05, 0.1) is 23.9 Å². The van der Waals surface area contributed by atoms with Gasteiger partial charge in [0.15, 0.2) is 0 Å². The highest BCUT2D eigenvalue weighted by molar-refractivity contribution is 9.10. The fourth-order valence-corrected chi connectivity index (χ4v) is 3.20. The third kappa shape index (κ3) is 5.68. The molecule has 0 amide bonds. The van der Waals surface area contributed by atoms with Gasteiger partial charge in [0.2, 0.25) is 10.0 Å². The van der Waals surface area contributed by atoms with Crippen LogP contribution >= 0.6 is 15.9 Å². The van der Waals surface area contributed by atoms with Crippen LogP contribution in [0.2, 0.25) is 0 Å². The summed E-state index contributed by atoms with van der Waals surface area (Å²) in [6.07, 6.45) is 0. The summed E-state index contributed by atoms with van der Waals surface area (Å²) in [7, 11) is -1.92. The van der Waals surface area contributed by atoms with Crippen LogP contribution in [0.3, 0.4) is 0 Å². The van der Waals surface area contributed by atoms with Gasteiger partial charge in [-0.05, 0) is 40.0 Å². The van der Waals surface area contributed by atoms with Crippen molar-refractivity contribution in [2.45, 2.75) is 13.8 Å². The molecule has 5 nitrogen and oxygen atoms in total. The first-order valence-electron chi connectivity index (χ1n) is 6.19. The average Bonchev–Trinajstić information content (AvgIpc) is 2.33. The molecular formula is C13H20BrNO4S. The van der Waals surface area contributed by atoms with Crippen molar-refractivity contribution in [3.05, 3.63) is 22.7 Å². The molecule has 0 aliphatic heterocycles. The number of nitrogens with two attached hydrogens (primary N) is 1. The summed E-state index contributed by atoms with van der Waals surface area (Å²) in [5.74, 6) is 1.28. The number of ether oxygens (including phenoxy) is 2. The third-order valence-corrected chi connectivity index (χ3v) is 4.49. The molecule has 0 aliphatic carbocycles. The Morgan fingerprint density at radius 1 is 1.35 bits per heavy atom. The van der Waals surface area contributed by atoms with Gasteiger partial charge in [0.1, 0.15) is 11.5 Å². The standard InChI is InChI=1S/C13H20BrNO4S/c1-9(2)10(8-20(15,16)17)7-19-13-5-4-11(18-3)6-12(13)14/h4-6,9-10H,7-8H2,1-3H3,(H2,15,16,17). The van der Waals surface area contributed by atoms with Gasteiger partial charge in [-0.3, -0.25) is 0 Å². The zero-order valence-electron chi connectivity index (χ0n) is 11.8. The number of hydrogen-bond donors (Lipinski definition) is 1. The van der Waals surface area contributed by atoms with Gasteiger partial charge in [-0.1, -0.05) is 13.8 Å². The van der Waals surface area contributed by atoms with Crippen molar-refractivity contribution < 1.29 is 17.9 Å². The van der Waals surface area contributed by atoms with Crippen LogP contribution in [0.4, 0.5) is 0 Å². The topological polar surface area (TPSA) is 78.6 Å². The molecule has 1 unspecified atom stereocenters. The summed E-state index contributed by atoms with van der Waals surface area (Å²) in [6.45, 7) is 4.18. The van der Waals surface area contributed by atoms with Gasteiger partial charge in [0.25, 0.3) is 0 Å². The lowest BCUT2D eigenvalue weighted by atomic mass is 9.99. The van der Waals surface area contributed by atoms with E-state index in [2.05, 4.69) is 15.9 Å². The number of primary sulfonamides is 1. The van der Waals surface area contributed by atoms with Crippen LogP contribution in [0.15, 0.2) is 22.7 Å². The van der Waals surface area contributed by atoms with Crippen LogP contribution in [0.5, 0.6) is 11.5 Å². The van der Waals surface area contributed by atoms with E-state index < -0.39 is 10.0 Å². The molecule has 0 bridgehead atoms. The van der Waals surface area contributed by atoms with E-state index in [9.17, 15) is 8.42 Å². The van der Waals surface area contributed by atoms with E-state index in [0.29, 0.717) is 18.1 Å². The highest BCUT2D eigenvalue weighted by atomic mass is 79.9. The smallest absolute Gasteiger partial charge is 0.209 e. The second-order valence-electron chi connectivity index (χ2n) is 4.94. The number of benzene rings is 1. The number of rotatable bonds is 7. The SMILES string of the molecule is COc1ccc(OCC(CS(N)(=O)=O)C(C)C)c(Br)c1. The molecular weight excluding hydrogens is 346 g/mol. The minimum Gasteiger partial charge on any atom is -0.497 e. The van der Waals surface area contributed by atoms with Crippen molar-refractivity contribution in [3.63, 3.8) is 0 Å². The first-order chi connectivity index (χ1) is 9.23. The molecule has 0 aromatic heterocycles. The van der Waals surface area contributed by atoms with Crippen molar-refractivity contribution in [3.8, 4) is 11.5 Å². The Hall–Kier alpha value is -0.790. The lowest BCUT2D eigenvalue weighted by Crippen LogP contribution is -2.30. The molecule has 0 fully saturated rings. The molecule has 0 aliphatic rings. The minimum absolute atomic E-state index is 0.0849. The molecule has 0 radical (unpaired) electrons. The number of methoxy groups -OCH3 is 1. The van der Waals surface area contributed by atoms with Gasteiger partial charge in [-0.15, -0.1) is 0 Å². The Morgan fingerprint density at radius 2 is 2.00 bits per heavy atom. The molecule has 1 aromatic rings. The van der Waals surface area contributed by atoms with Crippen LogP contribution in [0.25, 0.3) is 0 Å². The van der Waals surface area contributed by atoms with Gasteiger partial charge in [0, 0.05) is 5.92 Å². The summed E-state index contributed by atoms with van der Waals surface area (Å²) >= 11 is 3.39. The average molecular weight is 366 g/mol. The molecule has 0 heterocycles. The fraction of sp³-hybridized carbons (Fsp3) is 0.538. The molecule has 0 saturated carbocycles. The highest BCUT2D eigenvalue weighted by Gasteiger charge is 2.20. The maximum absolute atomic E-state index is 11.2. The summed E-state index contributed by atoms with van der Waals surface area (Å²) in [4.78, 5) is 0. The van der Waals surface area contributed by atoms with Gasteiger partial charge < -0.3 is 9.47 Å². The first-order valence-corrected chi connectivity index (χ1v) is 8.70. The fourth-order valence-electron chi connectivity index (χ4n) is 1.65. The summed E-state index contributed by atoms with van der Waals surface area (Å²) in [5.41, 5.74) is 0. The molecule has 1 aromatic carbocycles. The molecule has 1 atom stereocenters. The van der Waals surface area contributed by atoms with Crippen molar-refractivity contribution in [1.82, 2.24) is 0 Å². The van der Waals surface area contributed by atoms with E-state index in [1.54, 1.807) is 25.3 Å². The van der Waals surface area contributed by atoms with E-state index in [1.807, 2.05) is 13.8 Å². The lowest BCUT2D eigenvalue weighted by Gasteiger charge is -2.20. The van der Waals surface area contributed by atoms with E-state index in [4.69, 9.17) is 14.6 Å². The molecule has 1 rings (SSSR count). The quantitative estimate of drug-likeness (QED) is 0.804. The van der Waals surface area contributed by atoms with Crippen LogP contribution < -0.4 is 14.6 Å². The second-order valence-corrected chi connectivity index (χ2v) is 7.45. The second kappa shape index (κ2) is 7.28. The van der Waals surface area contributed by atoms with Gasteiger partial charge >= 0.3 is 0 Å². The maximum Gasteiger partial charge on any atom is 0.209 e. The normalized spacial score (nSPS) is 13.3. The van der Waals surface area contributed by atoms with Crippen molar-refractivity contribution >= 4 is 26.0 Å². The van der Waals surface area contributed by atoms with Crippen LogP contribution in [-0.4, -0.2) is 27.9 Å². The zero-order valence-corrected chi connectivity index (χ0v) is 14.2. The van der Waals surface area contributed by atoms with E-state index in [0.717, 1.165) is 4.47 Å². The Balaban J connectivity index is 2.73. The molecule has 7 heteroatoms. The van der Waals surface area contributed by atoms with Crippen LogP contribution in [0, 0.1) is 11.8 Å². The highest BCUT2D eigenvalue weighted by Crippen LogP contribution is 2.29. The Labute approximate surface area is 128 Å². The molecule has 0 spiro atoms. The predicted octanol–water partition coefficient (Wildman–Crippen LogP) is 2.40. The number of halogens is 1. The molecule has 2 N–H and O–H groups in total. The van der Waals surface area contributed by atoms with Crippen molar-refractivity contribution in [2.75, 3.05) is 19.5 Å². The zero-order chi connectivity index (χ0) is 15.3. The predicted molar refractivity (Wildman–Crippen MR) is 82.5 cm³/mol. The molecule has 0 saturated heterocycles.